The largest absolute Gasteiger partial charge is 0.380 e. The maximum atomic E-state index is 12.1. The van der Waals surface area contributed by atoms with Crippen molar-refractivity contribution in [1.29, 1.82) is 0 Å². The van der Waals surface area contributed by atoms with Crippen LogP contribution in [0.5, 0.6) is 0 Å². The molecule has 0 aliphatic heterocycles. The van der Waals surface area contributed by atoms with Crippen molar-refractivity contribution in [2.45, 2.75) is 41.5 Å². The molecule has 8 heteroatoms. The summed E-state index contributed by atoms with van der Waals surface area (Å²) in [5.41, 5.74) is 6.27. The van der Waals surface area contributed by atoms with Crippen LogP contribution in [0, 0.1) is 5.92 Å². The molecule has 1 saturated carbocycles. The number of nitrogens with one attached hydrogen (secondary N) is 1. The highest BCUT2D eigenvalue weighted by Crippen LogP contribution is 2.31. The third-order valence-electron chi connectivity index (χ3n) is 4.34. The first-order valence-corrected chi connectivity index (χ1v) is 11.4. The van der Waals surface area contributed by atoms with Gasteiger partial charge in [0.1, 0.15) is 0 Å². The molecule has 1 unspecified atom stereocenters. The molecule has 130 valence electrons. The molecular weight excluding hydrogens is 336 g/mol. The molecule has 0 spiro atoms. The van der Waals surface area contributed by atoms with Crippen molar-refractivity contribution in [1.82, 2.24) is 0 Å². The van der Waals surface area contributed by atoms with Crippen LogP contribution in [0.4, 0.5) is 5.69 Å². The Kier molecular flexibility index (Phi) is 5.37. The van der Waals surface area contributed by atoms with E-state index in [2.05, 4.69) is 5.32 Å². The molecule has 1 aliphatic carbocycles. The predicted molar refractivity (Wildman–Crippen MR) is 91.1 cm³/mol. The van der Waals surface area contributed by atoms with Gasteiger partial charge in [-0.1, -0.05) is 12.8 Å². The summed E-state index contributed by atoms with van der Waals surface area (Å²) >= 11 is 0. The van der Waals surface area contributed by atoms with E-state index in [4.69, 9.17) is 5.73 Å². The van der Waals surface area contributed by atoms with E-state index >= 15 is 0 Å². The van der Waals surface area contributed by atoms with Gasteiger partial charge in [-0.15, -0.1) is 0 Å². The lowest BCUT2D eigenvalue weighted by Crippen LogP contribution is -2.35. The summed E-state index contributed by atoms with van der Waals surface area (Å²) in [7, 11) is -7.03. The monoisotopic (exact) mass is 360 g/mol. The second-order valence-corrected chi connectivity index (χ2v) is 10.2. The van der Waals surface area contributed by atoms with Gasteiger partial charge in [-0.2, -0.15) is 0 Å². The number of benzene rings is 1. The van der Waals surface area contributed by atoms with Gasteiger partial charge < -0.3 is 11.1 Å². The lowest BCUT2D eigenvalue weighted by atomic mass is 9.98. The molecule has 3 N–H and O–H groups in total. The Morgan fingerprint density at radius 3 is 2.22 bits per heavy atom. The average molecular weight is 361 g/mol. The number of nitrogens with two attached hydrogens (primary N) is 1. The molecule has 1 aromatic rings. The molecule has 0 radical (unpaired) electrons. The summed E-state index contributed by atoms with van der Waals surface area (Å²) in [5.74, 6) is 0.419. The van der Waals surface area contributed by atoms with Gasteiger partial charge >= 0.3 is 0 Å². The van der Waals surface area contributed by atoms with Crippen molar-refractivity contribution >= 4 is 25.4 Å². The molecule has 0 bridgehead atoms. The lowest BCUT2D eigenvalue weighted by Gasteiger charge is -2.25. The Morgan fingerprint density at radius 2 is 1.74 bits per heavy atom. The van der Waals surface area contributed by atoms with Crippen molar-refractivity contribution in [3.63, 3.8) is 0 Å². The SMILES string of the molecule is CS(=O)(=O)c1ccc(NC(CN)C2CCCC2)c(S(C)(=O)=O)c1. The van der Waals surface area contributed by atoms with E-state index in [1.54, 1.807) is 0 Å². The Balaban J connectivity index is 2.41. The molecule has 0 saturated heterocycles. The highest BCUT2D eigenvalue weighted by molar-refractivity contribution is 7.91. The Hall–Kier alpha value is -1.12. The van der Waals surface area contributed by atoms with Crippen molar-refractivity contribution in [3.05, 3.63) is 18.2 Å². The summed E-state index contributed by atoms with van der Waals surface area (Å²) in [4.78, 5) is -0.00879. The lowest BCUT2D eigenvalue weighted by molar-refractivity contribution is 0.461. The summed E-state index contributed by atoms with van der Waals surface area (Å²) in [6, 6.07) is 4.15. The zero-order chi connectivity index (χ0) is 17.3. The Bertz CT molecular complexity index is 767. The van der Waals surface area contributed by atoms with E-state index in [0.717, 1.165) is 38.2 Å². The van der Waals surface area contributed by atoms with Crippen LogP contribution in [-0.4, -0.2) is 41.9 Å². The fraction of sp³-hybridized carbons (Fsp3) is 0.600. The zero-order valence-corrected chi connectivity index (χ0v) is 15.1. The first kappa shape index (κ1) is 18.2. The highest BCUT2D eigenvalue weighted by atomic mass is 32.2. The van der Waals surface area contributed by atoms with E-state index in [1.807, 2.05) is 0 Å². The van der Waals surface area contributed by atoms with Gasteiger partial charge in [0.25, 0.3) is 0 Å². The van der Waals surface area contributed by atoms with Gasteiger partial charge in [0.2, 0.25) is 0 Å². The van der Waals surface area contributed by atoms with Crippen molar-refractivity contribution < 1.29 is 16.8 Å². The first-order chi connectivity index (χ1) is 10.6. The molecule has 1 fully saturated rings. The summed E-state index contributed by atoms with van der Waals surface area (Å²) < 4.78 is 47.5. The van der Waals surface area contributed by atoms with Crippen LogP contribution in [0.3, 0.4) is 0 Å². The normalized spacial score (nSPS) is 18.0. The number of hydrogen-bond acceptors (Lipinski definition) is 6. The van der Waals surface area contributed by atoms with E-state index in [-0.39, 0.29) is 15.8 Å². The minimum absolute atomic E-state index is 0.00290. The van der Waals surface area contributed by atoms with Crippen molar-refractivity contribution in [3.8, 4) is 0 Å². The maximum absolute atomic E-state index is 12.1. The molecule has 1 atom stereocenters. The number of rotatable bonds is 6. The van der Waals surface area contributed by atoms with Crippen LogP contribution in [0.2, 0.25) is 0 Å². The topological polar surface area (TPSA) is 106 Å². The second kappa shape index (κ2) is 6.78. The van der Waals surface area contributed by atoms with Crippen LogP contribution in [0.25, 0.3) is 0 Å². The van der Waals surface area contributed by atoms with Crippen molar-refractivity contribution in [2.24, 2.45) is 11.7 Å². The summed E-state index contributed by atoms with van der Waals surface area (Å²) in [6.45, 7) is 0.404. The fourth-order valence-electron chi connectivity index (χ4n) is 3.09. The first-order valence-electron chi connectivity index (χ1n) is 7.63. The van der Waals surface area contributed by atoms with Gasteiger partial charge in [0.05, 0.1) is 15.5 Å². The van der Waals surface area contributed by atoms with Gasteiger partial charge in [-0.25, -0.2) is 16.8 Å². The number of hydrogen-bond donors (Lipinski definition) is 2. The Morgan fingerprint density at radius 1 is 1.13 bits per heavy atom. The van der Waals surface area contributed by atoms with Crippen LogP contribution >= 0.6 is 0 Å². The highest BCUT2D eigenvalue weighted by Gasteiger charge is 2.26. The minimum atomic E-state index is -3.56. The van der Waals surface area contributed by atoms with Crippen molar-refractivity contribution in [2.75, 3.05) is 24.4 Å². The quantitative estimate of drug-likeness (QED) is 0.795. The molecule has 1 aliphatic rings. The van der Waals surface area contributed by atoms with Crippen LogP contribution < -0.4 is 11.1 Å². The fourth-order valence-corrected chi connectivity index (χ4v) is 4.68. The third-order valence-corrected chi connectivity index (χ3v) is 6.59. The third kappa shape index (κ3) is 4.45. The molecule has 0 aromatic heterocycles. The minimum Gasteiger partial charge on any atom is -0.380 e. The van der Waals surface area contributed by atoms with Crippen LogP contribution in [-0.2, 0) is 19.7 Å². The molecular formula is C15H24N2O4S2. The predicted octanol–water partition coefficient (Wildman–Crippen LogP) is 1.42. The van der Waals surface area contributed by atoms with Gasteiger partial charge in [0.15, 0.2) is 19.7 Å². The second-order valence-electron chi connectivity index (χ2n) is 6.23. The van der Waals surface area contributed by atoms with E-state index in [0.29, 0.717) is 18.2 Å². The Labute approximate surface area is 138 Å². The van der Waals surface area contributed by atoms with Gasteiger partial charge in [-0.3, -0.25) is 0 Å². The number of anilines is 1. The molecule has 23 heavy (non-hydrogen) atoms. The van der Waals surface area contributed by atoms with Gasteiger partial charge in [-0.05, 0) is 37.0 Å². The molecule has 0 heterocycles. The smallest absolute Gasteiger partial charge is 0.177 e. The maximum Gasteiger partial charge on any atom is 0.177 e. The average Bonchev–Trinajstić information content (AvgIpc) is 2.96. The van der Waals surface area contributed by atoms with Crippen LogP contribution in [0.1, 0.15) is 25.7 Å². The number of sulfone groups is 2. The zero-order valence-electron chi connectivity index (χ0n) is 13.4. The summed E-state index contributed by atoms with van der Waals surface area (Å²) in [5, 5.41) is 3.23. The van der Waals surface area contributed by atoms with Crippen LogP contribution in [0.15, 0.2) is 28.0 Å². The van der Waals surface area contributed by atoms with E-state index in [1.165, 1.54) is 18.2 Å². The standard InChI is InChI=1S/C15H24N2O4S2/c1-22(18,19)12-7-8-13(15(9-12)23(2,20)21)17-14(10-16)11-5-3-4-6-11/h7-9,11,14,17H,3-6,10,16H2,1-2H3. The molecule has 0 amide bonds. The molecule has 6 nitrogen and oxygen atoms in total. The molecule has 1 aromatic carbocycles. The molecule has 2 rings (SSSR count). The van der Waals surface area contributed by atoms with E-state index in [9.17, 15) is 16.8 Å². The van der Waals surface area contributed by atoms with Gasteiger partial charge in [0, 0.05) is 25.1 Å². The summed E-state index contributed by atoms with van der Waals surface area (Å²) in [6.07, 6.45) is 6.61. The van der Waals surface area contributed by atoms with E-state index < -0.39 is 19.7 Å².